The molecule has 50 valence electrons. The monoisotopic (exact) mass is 126 g/mol. The molecule has 1 heterocycles. The maximum absolute atomic E-state index is 3.88. The number of aromatic amines is 1. The molecule has 0 unspecified atom stereocenters. The third kappa shape index (κ3) is 1.71. The van der Waals surface area contributed by atoms with Gasteiger partial charge in [0.2, 0.25) is 5.95 Å². The van der Waals surface area contributed by atoms with Crippen molar-refractivity contribution in [3.05, 3.63) is 6.33 Å². The Hall–Kier alpha value is -1.06. The number of anilines is 1. The van der Waals surface area contributed by atoms with E-state index in [1.54, 1.807) is 0 Å². The van der Waals surface area contributed by atoms with Gasteiger partial charge < -0.3 is 5.32 Å². The molecule has 0 radical (unpaired) electrons. The molecule has 4 nitrogen and oxygen atoms in total. The smallest absolute Gasteiger partial charge is 0.218 e. The highest BCUT2D eigenvalue weighted by Gasteiger charge is 1.94. The zero-order valence-corrected chi connectivity index (χ0v) is 5.55. The molecule has 0 atom stereocenters. The van der Waals surface area contributed by atoms with Gasteiger partial charge in [-0.3, -0.25) is 0 Å². The van der Waals surface area contributed by atoms with E-state index >= 15 is 0 Å². The molecule has 4 heteroatoms. The summed E-state index contributed by atoms with van der Waals surface area (Å²) in [6, 6.07) is 0.401. The maximum atomic E-state index is 3.88. The molecule has 1 aromatic rings. The number of H-pyrrole nitrogens is 1. The van der Waals surface area contributed by atoms with Crippen LogP contribution in [-0.2, 0) is 0 Å². The number of hydrogen-bond donors (Lipinski definition) is 2. The minimum Gasteiger partial charge on any atom is -0.352 e. The van der Waals surface area contributed by atoms with Crippen molar-refractivity contribution < 1.29 is 0 Å². The zero-order valence-electron chi connectivity index (χ0n) is 5.55. The molecule has 0 saturated heterocycles. The average Bonchev–Trinajstić information content (AvgIpc) is 2.15. The summed E-state index contributed by atoms with van der Waals surface area (Å²) in [4.78, 5) is 3.88. The third-order valence-corrected chi connectivity index (χ3v) is 0.840. The Balaban J connectivity index is 2.48. The normalized spacial score (nSPS) is 10.1. The summed E-state index contributed by atoms with van der Waals surface area (Å²) < 4.78 is 0. The number of nitrogens with one attached hydrogen (secondary N) is 2. The first-order valence-electron chi connectivity index (χ1n) is 2.91. The zero-order chi connectivity index (χ0) is 6.69. The Morgan fingerprint density at radius 1 is 1.67 bits per heavy atom. The van der Waals surface area contributed by atoms with Crippen LogP contribution in [0.3, 0.4) is 0 Å². The molecule has 0 amide bonds. The average molecular weight is 126 g/mol. The molecule has 0 aromatic carbocycles. The van der Waals surface area contributed by atoms with Crippen LogP contribution in [0, 0.1) is 0 Å². The number of nitrogens with zero attached hydrogens (tertiary/aromatic N) is 2. The largest absolute Gasteiger partial charge is 0.352 e. The topological polar surface area (TPSA) is 53.6 Å². The first-order chi connectivity index (χ1) is 4.29. The minimum absolute atomic E-state index is 0.401. The SMILES string of the molecule is CC(C)Nc1ncn[nH]1. The van der Waals surface area contributed by atoms with Gasteiger partial charge in [-0.2, -0.15) is 5.10 Å². The summed E-state index contributed by atoms with van der Waals surface area (Å²) in [5.41, 5.74) is 0. The molecule has 0 saturated carbocycles. The van der Waals surface area contributed by atoms with Crippen molar-refractivity contribution in [2.24, 2.45) is 0 Å². The summed E-state index contributed by atoms with van der Waals surface area (Å²) in [7, 11) is 0. The third-order valence-electron chi connectivity index (χ3n) is 0.840. The Labute approximate surface area is 53.7 Å². The quantitative estimate of drug-likeness (QED) is 0.611. The van der Waals surface area contributed by atoms with E-state index < -0.39 is 0 Å². The van der Waals surface area contributed by atoms with Crippen molar-refractivity contribution in [1.82, 2.24) is 15.2 Å². The first-order valence-corrected chi connectivity index (χ1v) is 2.91. The van der Waals surface area contributed by atoms with Gasteiger partial charge in [-0.15, -0.1) is 0 Å². The van der Waals surface area contributed by atoms with Crippen molar-refractivity contribution in [3.63, 3.8) is 0 Å². The lowest BCUT2D eigenvalue weighted by Gasteiger charge is -2.03. The lowest BCUT2D eigenvalue weighted by Crippen LogP contribution is -2.10. The van der Waals surface area contributed by atoms with Crippen molar-refractivity contribution in [2.45, 2.75) is 19.9 Å². The Morgan fingerprint density at radius 3 is 2.89 bits per heavy atom. The Bertz CT molecular complexity index is 155. The van der Waals surface area contributed by atoms with Gasteiger partial charge in [0.05, 0.1) is 0 Å². The summed E-state index contributed by atoms with van der Waals surface area (Å²) in [6.45, 7) is 4.09. The van der Waals surface area contributed by atoms with Crippen LogP contribution in [0.2, 0.25) is 0 Å². The summed E-state index contributed by atoms with van der Waals surface area (Å²) >= 11 is 0. The summed E-state index contributed by atoms with van der Waals surface area (Å²) in [6.07, 6.45) is 1.48. The molecule has 0 spiro atoms. The van der Waals surface area contributed by atoms with Crippen LogP contribution in [-0.4, -0.2) is 21.2 Å². The first kappa shape index (κ1) is 6.07. The predicted octanol–water partition coefficient (Wildman–Crippen LogP) is 0.625. The fourth-order valence-corrected chi connectivity index (χ4v) is 0.548. The number of rotatable bonds is 2. The second-order valence-corrected chi connectivity index (χ2v) is 2.13. The van der Waals surface area contributed by atoms with Gasteiger partial charge in [-0.05, 0) is 13.8 Å². The van der Waals surface area contributed by atoms with E-state index in [2.05, 4.69) is 20.5 Å². The molecule has 9 heavy (non-hydrogen) atoms. The minimum atomic E-state index is 0.401. The van der Waals surface area contributed by atoms with Crippen molar-refractivity contribution in [2.75, 3.05) is 5.32 Å². The van der Waals surface area contributed by atoms with E-state index in [4.69, 9.17) is 0 Å². The summed E-state index contributed by atoms with van der Waals surface area (Å²) in [5.74, 6) is 0.727. The van der Waals surface area contributed by atoms with E-state index in [1.165, 1.54) is 6.33 Å². The lowest BCUT2D eigenvalue weighted by atomic mass is 10.4. The second kappa shape index (κ2) is 2.48. The van der Waals surface area contributed by atoms with Crippen LogP contribution in [0.1, 0.15) is 13.8 Å². The molecule has 0 aliphatic carbocycles. The Morgan fingerprint density at radius 2 is 2.44 bits per heavy atom. The lowest BCUT2D eigenvalue weighted by molar-refractivity contribution is 0.876. The van der Waals surface area contributed by atoms with Crippen LogP contribution in [0.25, 0.3) is 0 Å². The van der Waals surface area contributed by atoms with E-state index in [0.717, 1.165) is 5.95 Å². The highest BCUT2D eigenvalue weighted by molar-refractivity contribution is 5.21. The van der Waals surface area contributed by atoms with Gasteiger partial charge in [0.1, 0.15) is 6.33 Å². The highest BCUT2D eigenvalue weighted by atomic mass is 15.3. The molecule has 1 aromatic heterocycles. The summed E-state index contributed by atoms with van der Waals surface area (Å²) in [5, 5.41) is 9.43. The number of aromatic nitrogens is 3. The molecular formula is C5H10N4. The molecular weight excluding hydrogens is 116 g/mol. The van der Waals surface area contributed by atoms with Gasteiger partial charge in [0.15, 0.2) is 0 Å². The fourth-order valence-electron chi connectivity index (χ4n) is 0.548. The Kier molecular flexibility index (Phi) is 1.67. The molecule has 0 aliphatic heterocycles. The second-order valence-electron chi connectivity index (χ2n) is 2.13. The van der Waals surface area contributed by atoms with Gasteiger partial charge in [0, 0.05) is 6.04 Å². The van der Waals surface area contributed by atoms with Crippen LogP contribution >= 0.6 is 0 Å². The van der Waals surface area contributed by atoms with Crippen molar-refractivity contribution in [3.8, 4) is 0 Å². The van der Waals surface area contributed by atoms with Crippen LogP contribution in [0.15, 0.2) is 6.33 Å². The molecule has 0 bridgehead atoms. The van der Waals surface area contributed by atoms with Crippen molar-refractivity contribution >= 4 is 5.95 Å². The highest BCUT2D eigenvalue weighted by Crippen LogP contribution is 1.94. The molecule has 0 fully saturated rings. The molecule has 1 rings (SSSR count). The van der Waals surface area contributed by atoms with E-state index in [0.29, 0.717) is 6.04 Å². The van der Waals surface area contributed by atoms with Gasteiger partial charge in [0.25, 0.3) is 0 Å². The predicted molar refractivity (Wildman–Crippen MR) is 35.1 cm³/mol. The van der Waals surface area contributed by atoms with Crippen molar-refractivity contribution in [1.29, 1.82) is 0 Å². The van der Waals surface area contributed by atoms with Crippen LogP contribution < -0.4 is 5.32 Å². The number of hydrogen-bond acceptors (Lipinski definition) is 3. The molecule has 2 N–H and O–H groups in total. The van der Waals surface area contributed by atoms with Crippen LogP contribution in [0.5, 0.6) is 0 Å². The van der Waals surface area contributed by atoms with E-state index in [9.17, 15) is 0 Å². The van der Waals surface area contributed by atoms with Gasteiger partial charge in [-0.1, -0.05) is 0 Å². The van der Waals surface area contributed by atoms with Gasteiger partial charge >= 0.3 is 0 Å². The maximum Gasteiger partial charge on any atom is 0.218 e. The van der Waals surface area contributed by atoms with E-state index in [1.807, 2.05) is 13.8 Å². The van der Waals surface area contributed by atoms with Crippen LogP contribution in [0.4, 0.5) is 5.95 Å². The van der Waals surface area contributed by atoms with E-state index in [-0.39, 0.29) is 0 Å². The standard InChI is InChI=1S/C5H10N4/c1-4(2)8-5-6-3-7-9-5/h3-4H,1-2H3,(H2,6,7,8,9). The fraction of sp³-hybridized carbons (Fsp3) is 0.600. The van der Waals surface area contributed by atoms with Gasteiger partial charge in [-0.25, -0.2) is 10.1 Å². The molecule has 0 aliphatic rings.